The molecule has 0 saturated heterocycles. The van der Waals surface area contributed by atoms with Crippen LogP contribution < -0.4 is 57.1 Å². The summed E-state index contributed by atoms with van der Waals surface area (Å²) in [6.45, 7) is -2.76. The van der Waals surface area contributed by atoms with Crippen molar-refractivity contribution in [2.45, 2.75) is 19.9 Å². The zero-order valence-electron chi connectivity index (χ0n) is 7.67. The van der Waals surface area contributed by atoms with Crippen molar-refractivity contribution in [1.29, 1.82) is 0 Å². The molecule has 0 aliphatic carbocycles. The fourth-order valence-electron chi connectivity index (χ4n) is 1.04. The summed E-state index contributed by atoms with van der Waals surface area (Å²) in [4.78, 5) is 3.27. The minimum Gasteiger partial charge on any atom is -0.443 e. The standard InChI is InChI=1S/C6H9BF3N2.K/c1-2-4-12-5-3-11-6(12)7(8,9)10;/h3,5H,2,4H2,1H3;/q-1;+1. The number of nitrogens with zero attached hydrogens (tertiary/aromatic N) is 2. The van der Waals surface area contributed by atoms with Gasteiger partial charge >= 0.3 is 58.4 Å². The Morgan fingerprint density at radius 1 is 1.46 bits per heavy atom. The number of rotatable bonds is 3. The molecule has 0 bridgehead atoms. The molecular formula is C6H9BF3KN2. The molecule has 0 N–H and O–H groups in total. The van der Waals surface area contributed by atoms with Gasteiger partial charge in [0.15, 0.2) is 0 Å². The Morgan fingerprint density at radius 3 is 2.54 bits per heavy atom. The van der Waals surface area contributed by atoms with E-state index < -0.39 is 12.7 Å². The fraction of sp³-hybridized carbons (Fsp3) is 0.500. The molecule has 0 spiro atoms. The quantitative estimate of drug-likeness (QED) is 0.553. The van der Waals surface area contributed by atoms with Crippen molar-refractivity contribution in [3.05, 3.63) is 12.4 Å². The molecule has 0 aliphatic rings. The third-order valence-electron chi connectivity index (χ3n) is 1.50. The maximum absolute atomic E-state index is 12.2. The molecule has 0 atom stereocenters. The second-order valence-electron chi connectivity index (χ2n) is 2.55. The smallest absolute Gasteiger partial charge is 0.443 e. The average molecular weight is 216 g/mol. The van der Waals surface area contributed by atoms with E-state index in [0.717, 1.165) is 4.57 Å². The van der Waals surface area contributed by atoms with Gasteiger partial charge in [-0.15, -0.1) is 0 Å². The molecule has 1 aromatic rings. The van der Waals surface area contributed by atoms with Gasteiger partial charge in [0.25, 0.3) is 0 Å². The predicted octanol–water partition coefficient (Wildman–Crippen LogP) is -1.65. The molecule has 0 radical (unpaired) electrons. The third-order valence-corrected chi connectivity index (χ3v) is 1.50. The van der Waals surface area contributed by atoms with Crippen LogP contribution in [0.1, 0.15) is 13.3 Å². The zero-order chi connectivity index (χ0) is 9.19. The maximum Gasteiger partial charge on any atom is 1.00 e. The van der Waals surface area contributed by atoms with E-state index in [-0.39, 0.29) is 51.4 Å². The minimum atomic E-state index is -4.95. The van der Waals surface area contributed by atoms with Crippen LogP contribution in [0.25, 0.3) is 0 Å². The fourth-order valence-corrected chi connectivity index (χ4v) is 1.04. The van der Waals surface area contributed by atoms with Crippen molar-refractivity contribution in [3.63, 3.8) is 0 Å². The molecular weight excluding hydrogens is 207 g/mol. The maximum atomic E-state index is 12.2. The summed E-state index contributed by atoms with van der Waals surface area (Å²) in [7, 11) is 0. The van der Waals surface area contributed by atoms with E-state index in [4.69, 9.17) is 0 Å². The molecule has 0 fully saturated rings. The Bertz CT molecular complexity index is 261. The second kappa shape index (κ2) is 5.55. The van der Waals surface area contributed by atoms with Crippen molar-refractivity contribution < 1.29 is 64.3 Å². The van der Waals surface area contributed by atoms with Crippen LogP contribution in [-0.4, -0.2) is 16.5 Å². The normalized spacial score (nSPS) is 11.1. The van der Waals surface area contributed by atoms with Gasteiger partial charge in [-0.05, 0) is 6.42 Å². The van der Waals surface area contributed by atoms with Crippen LogP contribution >= 0.6 is 0 Å². The number of imidazole rings is 1. The number of halogens is 3. The van der Waals surface area contributed by atoms with Crippen molar-refractivity contribution in [3.8, 4) is 0 Å². The van der Waals surface area contributed by atoms with Crippen molar-refractivity contribution in [1.82, 2.24) is 9.55 Å². The average Bonchev–Trinajstić information content (AvgIpc) is 2.34. The summed E-state index contributed by atoms with van der Waals surface area (Å²) < 4.78 is 37.7. The Labute approximate surface area is 117 Å². The Balaban J connectivity index is 0.00000144. The summed E-state index contributed by atoms with van der Waals surface area (Å²) in [5.74, 6) is 0. The van der Waals surface area contributed by atoms with Gasteiger partial charge in [0.2, 0.25) is 0 Å². The van der Waals surface area contributed by atoms with E-state index in [1.54, 1.807) is 0 Å². The summed E-state index contributed by atoms with van der Waals surface area (Å²) in [6.07, 6.45) is 3.21. The molecule has 0 amide bonds. The van der Waals surface area contributed by atoms with E-state index >= 15 is 0 Å². The molecule has 13 heavy (non-hydrogen) atoms. The molecule has 0 unspecified atom stereocenters. The van der Waals surface area contributed by atoms with Gasteiger partial charge in [0.1, 0.15) is 0 Å². The van der Waals surface area contributed by atoms with Crippen LogP contribution in [-0.2, 0) is 6.54 Å². The molecule has 7 heteroatoms. The van der Waals surface area contributed by atoms with Crippen molar-refractivity contribution in [2.24, 2.45) is 0 Å². The summed E-state index contributed by atoms with van der Waals surface area (Å²) in [5.41, 5.74) is -0.753. The summed E-state index contributed by atoms with van der Waals surface area (Å²) in [6, 6.07) is 0. The number of hydrogen-bond donors (Lipinski definition) is 0. The topological polar surface area (TPSA) is 17.8 Å². The summed E-state index contributed by atoms with van der Waals surface area (Å²) in [5, 5.41) is 0. The van der Waals surface area contributed by atoms with Gasteiger partial charge in [-0.2, -0.15) is 0 Å². The molecule has 0 aliphatic heterocycles. The van der Waals surface area contributed by atoms with Crippen LogP contribution in [0, 0.1) is 0 Å². The van der Waals surface area contributed by atoms with Gasteiger partial charge in [0, 0.05) is 24.7 Å². The van der Waals surface area contributed by atoms with Gasteiger partial charge in [-0.25, -0.2) is 0 Å². The van der Waals surface area contributed by atoms with E-state index in [2.05, 4.69) is 4.98 Å². The predicted molar refractivity (Wildman–Crippen MR) is 41.2 cm³/mol. The number of aryl methyl sites for hydroxylation is 1. The van der Waals surface area contributed by atoms with Crippen molar-refractivity contribution in [2.75, 3.05) is 0 Å². The monoisotopic (exact) mass is 216 g/mol. The first-order chi connectivity index (χ1) is 5.55. The first-order valence-electron chi connectivity index (χ1n) is 3.76. The minimum absolute atomic E-state index is 0. The zero-order valence-corrected chi connectivity index (χ0v) is 10.8. The van der Waals surface area contributed by atoms with Crippen LogP contribution in [0.15, 0.2) is 12.4 Å². The van der Waals surface area contributed by atoms with Crippen LogP contribution in [0.2, 0.25) is 0 Å². The number of aromatic nitrogens is 2. The van der Waals surface area contributed by atoms with E-state index in [9.17, 15) is 12.9 Å². The van der Waals surface area contributed by atoms with Crippen molar-refractivity contribution >= 4 is 12.7 Å². The molecule has 0 aromatic carbocycles. The molecule has 68 valence electrons. The Kier molecular flexibility index (Phi) is 5.85. The van der Waals surface area contributed by atoms with E-state index in [1.165, 1.54) is 12.4 Å². The second-order valence-corrected chi connectivity index (χ2v) is 2.55. The molecule has 0 saturated carbocycles. The van der Waals surface area contributed by atoms with Crippen LogP contribution in [0.4, 0.5) is 12.9 Å². The largest absolute Gasteiger partial charge is 1.00 e. The Hall–Kier alpha value is 0.701. The van der Waals surface area contributed by atoms with Gasteiger partial charge in [-0.3, -0.25) is 4.98 Å². The molecule has 1 heterocycles. The molecule has 1 rings (SSSR count). The van der Waals surface area contributed by atoms with Crippen LogP contribution in [0.3, 0.4) is 0 Å². The van der Waals surface area contributed by atoms with Crippen LogP contribution in [0.5, 0.6) is 0 Å². The first kappa shape index (κ1) is 13.7. The van der Waals surface area contributed by atoms with Gasteiger partial charge in [0.05, 0.1) is 0 Å². The van der Waals surface area contributed by atoms with E-state index in [0.29, 0.717) is 13.0 Å². The van der Waals surface area contributed by atoms with Gasteiger partial charge < -0.3 is 17.5 Å². The number of hydrogen-bond acceptors (Lipinski definition) is 1. The molecule has 1 aromatic heterocycles. The SMILES string of the molecule is CCCn1ccnc1[B-](F)(F)F.[K+]. The van der Waals surface area contributed by atoms with E-state index in [1.807, 2.05) is 6.92 Å². The third kappa shape index (κ3) is 3.75. The Morgan fingerprint density at radius 2 is 2.08 bits per heavy atom. The van der Waals surface area contributed by atoms with Gasteiger partial charge in [-0.1, -0.05) is 6.92 Å². The first-order valence-corrected chi connectivity index (χ1v) is 3.76. The summed E-state index contributed by atoms with van der Waals surface area (Å²) >= 11 is 0. The molecule has 2 nitrogen and oxygen atoms in total.